The maximum absolute atomic E-state index is 2.52. The highest BCUT2D eigenvalue weighted by Crippen LogP contribution is 2.50. The summed E-state index contributed by atoms with van der Waals surface area (Å²) < 4.78 is 0. The lowest BCUT2D eigenvalue weighted by atomic mass is 9.58. The smallest absolute Gasteiger partial charge is 0.0231 e. The predicted molar refractivity (Wildman–Crippen MR) is 114 cm³/mol. The summed E-state index contributed by atoms with van der Waals surface area (Å²) in [7, 11) is 0. The molecule has 0 bridgehead atoms. The third-order valence-electron chi connectivity index (χ3n) is 6.68. The van der Waals surface area contributed by atoms with E-state index >= 15 is 0 Å². The second kappa shape index (κ2) is 7.99. The van der Waals surface area contributed by atoms with Crippen LogP contribution in [0.15, 0.2) is 36.4 Å². The summed E-state index contributed by atoms with van der Waals surface area (Å²) in [5.74, 6) is 0.745. The molecule has 0 aromatic heterocycles. The minimum atomic E-state index is 0.193. The second-order valence-electron chi connectivity index (χ2n) is 8.44. The van der Waals surface area contributed by atoms with Gasteiger partial charge in [-0.05, 0) is 67.7 Å². The summed E-state index contributed by atoms with van der Waals surface area (Å²) in [6.45, 7) is 11.5. The molecule has 0 amide bonds. The Morgan fingerprint density at radius 3 is 1.77 bits per heavy atom. The molecular formula is C26H36. The molecule has 1 aliphatic carbocycles. The zero-order valence-electron chi connectivity index (χ0n) is 17.5. The monoisotopic (exact) mass is 348 g/mol. The van der Waals surface area contributed by atoms with Gasteiger partial charge in [-0.2, -0.15) is 0 Å². The lowest BCUT2D eigenvalue weighted by Gasteiger charge is -2.46. The number of hydrogen-bond acceptors (Lipinski definition) is 0. The molecule has 140 valence electrons. The van der Waals surface area contributed by atoms with E-state index in [1.54, 1.807) is 11.1 Å². The molecule has 1 saturated carbocycles. The van der Waals surface area contributed by atoms with Gasteiger partial charge in [-0.1, -0.05) is 87.6 Å². The van der Waals surface area contributed by atoms with Crippen LogP contribution < -0.4 is 0 Å². The van der Waals surface area contributed by atoms with Gasteiger partial charge in [0.25, 0.3) is 0 Å². The van der Waals surface area contributed by atoms with Crippen LogP contribution in [0.1, 0.15) is 86.3 Å². The fourth-order valence-electron chi connectivity index (χ4n) is 5.37. The molecule has 3 rings (SSSR count). The molecule has 0 saturated heterocycles. The van der Waals surface area contributed by atoms with Crippen LogP contribution in [-0.4, -0.2) is 0 Å². The molecule has 0 heteroatoms. The number of rotatable bonds is 5. The van der Waals surface area contributed by atoms with Crippen molar-refractivity contribution in [1.29, 1.82) is 0 Å². The van der Waals surface area contributed by atoms with Crippen LogP contribution in [0, 0.1) is 19.8 Å². The van der Waals surface area contributed by atoms with Crippen molar-refractivity contribution in [3.63, 3.8) is 0 Å². The van der Waals surface area contributed by atoms with Crippen molar-refractivity contribution in [3.8, 4) is 0 Å². The minimum Gasteiger partial charge on any atom is -0.0651 e. The van der Waals surface area contributed by atoms with E-state index in [1.807, 2.05) is 0 Å². The van der Waals surface area contributed by atoms with Crippen molar-refractivity contribution in [1.82, 2.24) is 0 Å². The van der Waals surface area contributed by atoms with Crippen molar-refractivity contribution < 1.29 is 0 Å². The molecule has 1 fully saturated rings. The molecule has 1 unspecified atom stereocenters. The number of benzene rings is 2. The first-order valence-corrected chi connectivity index (χ1v) is 10.8. The van der Waals surface area contributed by atoms with Crippen molar-refractivity contribution in [2.24, 2.45) is 5.92 Å². The molecule has 1 aliphatic rings. The van der Waals surface area contributed by atoms with E-state index in [9.17, 15) is 0 Å². The van der Waals surface area contributed by atoms with Crippen molar-refractivity contribution in [2.45, 2.75) is 85.0 Å². The topological polar surface area (TPSA) is 0 Å². The third-order valence-corrected chi connectivity index (χ3v) is 6.68. The van der Waals surface area contributed by atoms with Gasteiger partial charge in [0.1, 0.15) is 0 Å². The molecule has 2 aromatic rings. The Kier molecular flexibility index (Phi) is 5.90. The number of hydrogen-bond donors (Lipinski definition) is 0. The highest BCUT2D eigenvalue weighted by atomic mass is 14.5. The largest absolute Gasteiger partial charge is 0.0651 e. The van der Waals surface area contributed by atoms with Crippen LogP contribution in [-0.2, 0) is 18.3 Å². The molecule has 0 N–H and O–H groups in total. The molecular weight excluding hydrogens is 312 g/mol. The fourth-order valence-corrected chi connectivity index (χ4v) is 5.37. The van der Waals surface area contributed by atoms with Gasteiger partial charge in [0.2, 0.25) is 0 Å². The van der Waals surface area contributed by atoms with Crippen LogP contribution in [0.2, 0.25) is 0 Å². The normalized spacial score (nSPS) is 19.5. The van der Waals surface area contributed by atoms with Crippen LogP contribution >= 0.6 is 0 Å². The first kappa shape index (κ1) is 19.2. The van der Waals surface area contributed by atoms with E-state index in [0.717, 1.165) is 18.8 Å². The Morgan fingerprint density at radius 1 is 0.769 bits per heavy atom. The fraction of sp³-hybridized carbons (Fsp3) is 0.538. The lowest BCUT2D eigenvalue weighted by Crippen LogP contribution is -2.39. The van der Waals surface area contributed by atoms with Crippen LogP contribution in [0.25, 0.3) is 0 Å². The Balaban J connectivity index is 2.27. The van der Waals surface area contributed by atoms with Gasteiger partial charge < -0.3 is 0 Å². The van der Waals surface area contributed by atoms with E-state index in [0.29, 0.717) is 0 Å². The van der Waals surface area contributed by atoms with E-state index in [-0.39, 0.29) is 5.41 Å². The highest BCUT2D eigenvalue weighted by Gasteiger charge is 2.43. The number of aryl methyl sites for hydroxylation is 4. The van der Waals surface area contributed by atoms with E-state index in [1.165, 1.54) is 54.4 Å². The Hall–Kier alpha value is -1.56. The third kappa shape index (κ3) is 3.48. The van der Waals surface area contributed by atoms with Gasteiger partial charge in [-0.25, -0.2) is 0 Å². The molecule has 1 atom stereocenters. The molecule has 2 aromatic carbocycles. The zero-order chi connectivity index (χ0) is 18.7. The molecule has 0 heterocycles. The first-order valence-electron chi connectivity index (χ1n) is 10.8. The maximum Gasteiger partial charge on any atom is 0.0231 e. The van der Waals surface area contributed by atoms with Crippen LogP contribution in [0.4, 0.5) is 0 Å². The van der Waals surface area contributed by atoms with Gasteiger partial charge >= 0.3 is 0 Å². The molecule has 0 aliphatic heterocycles. The quantitative estimate of drug-likeness (QED) is 0.531. The van der Waals surface area contributed by atoms with E-state index in [2.05, 4.69) is 71.0 Å². The highest BCUT2D eigenvalue weighted by molar-refractivity contribution is 5.47. The van der Waals surface area contributed by atoms with Gasteiger partial charge in [-0.15, -0.1) is 0 Å². The van der Waals surface area contributed by atoms with Gasteiger partial charge in [0.15, 0.2) is 0 Å². The summed E-state index contributed by atoms with van der Waals surface area (Å²) in [5, 5.41) is 0. The zero-order valence-corrected chi connectivity index (χ0v) is 17.5. The Bertz CT molecular complexity index is 699. The van der Waals surface area contributed by atoms with Crippen LogP contribution in [0.5, 0.6) is 0 Å². The Morgan fingerprint density at radius 2 is 1.31 bits per heavy atom. The second-order valence-corrected chi connectivity index (χ2v) is 8.44. The SMILES string of the molecule is CCc1cc(C)cc(C2(c3cc(C)cc(CC)c3)CCCCC2CC)c1. The molecule has 26 heavy (non-hydrogen) atoms. The summed E-state index contributed by atoms with van der Waals surface area (Å²) in [6, 6.07) is 14.8. The first-order chi connectivity index (χ1) is 12.5. The Labute approximate surface area is 161 Å². The molecule has 0 nitrogen and oxygen atoms in total. The van der Waals surface area contributed by atoms with Gasteiger partial charge in [-0.3, -0.25) is 0 Å². The van der Waals surface area contributed by atoms with E-state index < -0.39 is 0 Å². The van der Waals surface area contributed by atoms with Gasteiger partial charge in [0, 0.05) is 5.41 Å². The standard InChI is InChI=1S/C26H36/c1-6-21-13-19(4)15-24(17-21)26(12-10-9-11-23(26)8-3)25-16-20(5)14-22(7-2)18-25/h13-18,23H,6-12H2,1-5H3. The van der Waals surface area contributed by atoms with Crippen LogP contribution in [0.3, 0.4) is 0 Å². The average molecular weight is 349 g/mol. The maximum atomic E-state index is 2.52. The summed E-state index contributed by atoms with van der Waals surface area (Å²) in [6.07, 6.45) is 8.91. The lowest BCUT2D eigenvalue weighted by molar-refractivity contribution is 0.218. The van der Waals surface area contributed by atoms with Gasteiger partial charge in [0.05, 0.1) is 0 Å². The van der Waals surface area contributed by atoms with Crippen molar-refractivity contribution >= 4 is 0 Å². The predicted octanol–water partition coefficient (Wildman–Crippen LogP) is 7.31. The minimum absolute atomic E-state index is 0.193. The molecule has 0 spiro atoms. The molecule has 0 radical (unpaired) electrons. The summed E-state index contributed by atoms with van der Waals surface area (Å²) in [5.41, 5.74) is 9.16. The van der Waals surface area contributed by atoms with Crippen molar-refractivity contribution in [2.75, 3.05) is 0 Å². The summed E-state index contributed by atoms with van der Waals surface area (Å²) >= 11 is 0. The van der Waals surface area contributed by atoms with E-state index in [4.69, 9.17) is 0 Å². The van der Waals surface area contributed by atoms with Crippen molar-refractivity contribution in [3.05, 3.63) is 69.8 Å². The average Bonchev–Trinajstić information content (AvgIpc) is 2.66. The summed E-state index contributed by atoms with van der Waals surface area (Å²) in [4.78, 5) is 0.